The van der Waals surface area contributed by atoms with E-state index in [0.717, 1.165) is 25.2 Å². The third kappa shape index (κ3) is 3.95. The number of piperidine rings is 1. The van der Waals surface area contributed by atoms with E-state index in [0.29, 0.717) is 24.7 Å². The zero-order valence-electron chi connectivity index (χ0n) is 11.2. The molecule has 18 heavy (non-hydrogen) atoms. The van der Waals surface area contributed by atoms with E-state index >= 15 is 0 Å². The summed E-state index contributed by atoms with van der Waals surface area (Å²) in [7, 11) is 1.97. The highest BCUT2D eigenvalue weighted by molar-refractivity contribution is 5.78. The Morgan fingerprint density at radius 2 is 2.39 bits per heavy atom. The Morgan fingerprint density at radius 1 is 1.50 bits per heavy atom. The van der Waals surface area contributed by atoms with Crippen LogP contribution in [0.4, 0.5) is 0 Å². The summed E-state index contributed by atoms with van der Waals surface area (Å²) in [5, 5.41) is 3.48. The van der Waals surface area contributed by atoms with Crippen molar-refractivity contribution in [1.29, 1.82) is 0 Å². The highest BCUT2D eigenvalue weighted by Crippen LogP contribution is 2.13. The number of carbonyl (C=O) groups excluding carboxylic acids is 1. The second-order valence-corrected chi connectivity index (χ2v) is 5.18. The summed E-state index contributed by atoms with van der Waals surface area (Å²) >= 11 is 0. The van der Waals surface area contributed by atoms with Gasteiger partial charge in [-0.25, -0.2) is 4.98 Å². The van der Waals surface area contributed by atoms with Crippen LogP contribution in [0, 0.1) is 0 Å². The van der Waals surface area contributed by atoms with E-state index in [1.54, 1.807) is 6.20 Å². The summed E-state index contributed by atoms with van der Waals surface area (Å²) in [5.41, 5.74) is 0. The van der Waals surface area contributed by atoms with Crippen molar-refractivity contribution in [2.45, 2.75) is 51.0 Å². The van der Waals surface area contributed by atoms with Gasteiger partial charge in [-0.1, -0.05) is 6.42 Å². The molecule has 1 aromatic rings. The van der Waals surface area contributed by atoms with E-state index in [2.05, 4.69) is 10.3 Å². The molecular formula is C14H23N3O. The Bertz CT molecular complexity index is 380. The summed E-state index contributed by atoms with van der Waals surface area (Å²) in [5.74, 6) is 1.37. The van der Waals surface area contributed by atoms with E-state index in [9.17, 15) is 4.79 Å². The van der Waals surface area contributed by atoms with E-state index < -0.39 is 0 Å². The molecule has 0 saturated carbocycles. The van der Waals surface area contributed by atoms with Crippen molar-refractivity contribution in [2.24, 2.45) is 7.05 Å². The quantitative estimate of drug-likeness (QED) is 0.837. The Hall–Kier alpha value is -1.16. The van der Waals surface area contributed by atoms with Crippen LogP contribution in [-0.2, 0) is 18.3 Å². The Morgan fingerprint density at radius 3 is 3.06 bits per heavy atom. The van der Waals surface area contributed by atoms with Gasteiger partial charge in [-0.15, -0.1) is 0 Å². The molecule has 1 unspecified atom stereocenters. The van der Waals surface area contributed by atoms with Crippen LogP contribution in [0.2, 0.25) is 0 Å². The first-order chi connectivity index (χ1) is 8.75. The maximum Gasteiger partial charge on any atom is 0.133 e. The fourth-order valence-electron chi connectivity index (χ4n) is 2.52. The number of rotatable bonds is 6. The minimum absolute atomic E-state index is 0.366. The zero-order chi connectivity index (χ0) is 12.8. The van der Waals surface area contributed by atoms with Crippen molar-refractivity contribution in [3.63, 3.8) is 0 Å². The largest absolute Gasteiger partial charge is 0.338 e. The summed E-state index contributed by atoms with van der Waals surface area (Å²) < 4.78 is 1.98. The molecule has 2 rings (SSSR count). The summed E-state index contributed by atoms with van der Waals surface area (Å²) in [6, 6.07) is 0.566. The lowest BCUT2D eigenvalue weighted by atomic mass is 9.98. The minimum atomic E-state index is 0.366. The van der Waals surface area contributed by atoms with Gasteiger partial charge in [-0.05, 0) is 25.8 Å². The third-order valence-corrected chi connectivity index (χ3v) is 3.73. The van der Waals surface area contributed by atoms with Gasteiger partial charge in [0.1, 0.15) is 11.6 Å². The fraction of sp³-hybridized carbons (Fsp3) is 0.714. The van der Waals surface area contributed by atoms with Crippen LogP contribution in [-0.4, -0.2) is 27.9 Å². The zero-order valence-corrected chi connectivity index (χ0v) is 11.2. The van der Waals surface area contributed by atoms with E-state index in [1.165, 1.54) is 19.3 Å². The van der Waals surface area contributed by atoms with Gasteiger partial charge in [0.2, 0.25) is 0 Å². The van der Waals surface area contributed by atoms with Crippen molar-refractivity contribution < 1.29 is 4.79 Å². The molecule has 0 radical (unpaired) electrons. The molecule has 1 aliphatic heterocycles. The highest BCUT2D eigenvalue weighted by Gasteiger charge is 2.14. The molecule has 0 amide bonds. The van der Waals surface area contributed by atoms with Gasteiger partial charge in [0.05, 0.1) is 0 Å². The first-order valence-corrected chi connectivity index (χ1v) is 6.97. The summed E-state index contributed by atoms with van der Waals surface area (Å²) in [6.45, 7) is 1.12. The molecular weight excluding hydrogens is 226 g/mol. The number of nitrogens with one attached hydrogen (secondary N) is 1. The first kappa shape index (κ1) is 13.3. The average molecular weight is 249 g/mol. The second kappa shape index (κ2) is 6.69. The number of Topliss-reactive ketones (excluding diaryl/α,β-unsaturated/α-hetero) is 1. The van der Waals surface area contributed by atoms with Crippen LogP contribution in [0.15, 0.2) is 12.4 Å². The third-order valence-electron chi connectivity index (χ3n) is 3.73. The number of imidazole rings is 1. The number of hydrogen-bond acceptors (Lipinski definition) is 3. The van der Waals surface area contributed by atoms with Crippen molar-refractivity contribution in [3.05, 3.63) is 18.2 Å². The first-order valence-electron chi connectivity index (χ1n) is 6.97. The van der Waals surface area contributed by atoms with Crippen molar-refractivity contribution in [1.82, 2.24) is 14.9 Å². The lowest BCUT2D eigenvalue weighted by Gasteiger charge is -2.22. The molecule has 1 saturated heterocycles. The lowest BCUT2D eigenvalue weighted by molar-refractivity contribution is -0.119. The van der Waals surface area contributed by atoms with Crippen LogP contribution in [0.3, 0.4) is 0 Å². The van der Waals surface area contributed by atoms with Gasteiger partial charge in [0, 0.05) is 44.7 Å². The molecule has 4 heteroatoms. The standard InChI is InChI=1S/C14H23N3O/c1-17-11-10-16-14(17)8-7-13(18)6-5-12-4-2-3-9-15-12/h10-12,15H,2-9H2,1H3. The monoisotopic (exact) mass is 249 g/mol. The molecule has 100 valence electrons. The van der Waals surface area contributed by atoms with E-state index in [-0.39, 0.29) is 0 Å². The predicted molar refractivity (Wildman–Crippen MR) is 71.4 cm³/mol. The number of hydrogen-bond donors (Lipinski definition) is 1. The van der Waals surface area contributed by atoms with Gasteiger partial charge in [0.25, 0.3) is 0 Å². The molecule has 1 fully saturated rings. The molecule has 4 nitrogen and oxygen atoms in total. The van der Waals surface area contributed by atoms with Crippen molar-refractivity contribution >= 4 is 5.78 Å². The Balaban J connectivity index is 1.64. The van der Waals surface area contributed by atoms with Gasteiger partial charge < -0.3 is 9.88 Å². The minimum Gasteiger partial charge on any atom is -0.338 e. The van der Waals surface area contributed by atoms with Gasteiger partial charge in [0.15, 0.2) is 0 Å². The topological polar surface area (TPSA) is 46.9 Å². The van der Waals surface area contributed by atoms with Gasteiger partial charge >= 0.3 is 0 Å². The molecule has 0 bridgehead atoms. The smallest absolute Gasteiger partial charge is 0.133 e. The molecule has 1 aliphatic rings. The molecule has 0 aliphatic carbocycles. The van der Waals surface area contributed by atoms with Crippen molar-refractivity contribution in [2.75, 3.05) is 6.54 Å². The SMILES string of the molecule is Cn1ccnc1CCC(=O)CCC1CCCCN1. The maximum absolute atomic E-state index is 11.8. The summed E-state index contributed by atoms with van der Waals surface area (Å²) in [6.07, 6.45) is 10.6. The second-order valence-electron chi connectivity index (χ2n) is 5.18. The van der Waals surface area contributed by atoms with E-state index in [1.807, 2.05) is 17.8 Å². The Labute approximate surface area is 109 Å². The van der Waals surface area contributed by atoms with Crippen LogP contribution in [0.25, 0.3) is 0 Å². The maximum atomic E-state index is 11.8. The van der Waals surface area contributed by atoms with E-state index in [4.69, 9.17) is 0 Å². The van der Waals surface area contributed by atoms with Crippen molar-refractivity contribution in [3.8, 4) is 0 Å². The summed E-state index contributed by atoms with van der Waals surface area (Å²) in [4.78, 5) is 16.1. The molecule has 1 aromatic heterocycles. The number of ketones is 1. The molecule has 1 N–H and O–H groups in total. The van der Waals surface area contributed by atoms with Crippen LogP contribution >= 0.6 is 0 Å². The number of carbonyl (C=O) groups is 1. The highest BCUT2D eigenvalue weighted by atomic mass is 16.1. The molecule has 1 atom stereocenters. The number of aromatic nitrogens is 2. The van der Waals surface area contributed by atoms with Crippen LogP contribution < -0.4 is 5.32 Å². The lowest BCUT2D eigenvalue weighted by Crippen LogP contribution is -2.34. The normalized spacial score (nSPS) is 19.9. The van der Waals surface area contributed by atoms with Crippen LogP contribution in [0.1, 0.15) is 44.3 Å². The fourth-order valence-corrected chi connectivity index (χ4v) is 2.52. The molecule has 0 spiro atoms. The number of aryl methyl sites for hydroxylation is 2. The predicted octanol–water partition coefficient (Wildman–Crippen LogP) is 1.84. The van der Waals surface area contributed by atoms with Gasteiger partial charge in [-0.3, -0.25) is 4.79 Å². The molecule has 2 heterocycles. The average Bonchev–Trinajstić information content (AvgIpc) is 2.81. The van der Waals surface area contributed by atoms with Gasteiger partial charge in [-0.2, -0.15) is 0 Å². The molecule has 0 aromatic carbocycles. The number of nitrogens with zero attached hydrogens (tertiary/aromatic N) is 2. The Kier molecular flexibility index (Phi) is 4.93. The van der Waals surface area contributed by atoms with Crippen LogP contribution in [0.5, 0.6) is 0 Å².